The molecule has 0 radical (unpaired) electrons. The first-order valence-corrected chi connectivity index (χ1v) is 7.36. The van der Waals surface area contributed by atoms with Crippen LogP contribution in [0.5, 0.6) is 0 Å². The molecule has 1 aromatic heterocycles. The number of aromatic nitrogens is 2. The lowest BCUT2D eigenvalue weighted by atomic mass is 10.2. The van der Waals surface area contributed by atoms with Crippen molar-refractivity contribution in [2.75, 3.05) is 0 Å². The van der Waals surface area contributed by atoms with E-state index >= 15 is 0 Å². The van der Waals surface area contributed by atoms with E-state index in [1.54, 1.807) is 12.1 Å². The van der Waals surface area contributed by atoms with Crippen molar-refractivity contribution in [2.24, 2.45) is 0 Å². The molecule has 0 bridgehead atoms. The lowest BCUT2D eigenvalue weighted by Crippen LogP contribution is -2.02. The Morgan fingerprint density at radius 2 is 1.95 bits per heavy atom. The average molecular weight is 323 g/mol. The van der Waals surface area contributed by atoms with E-state index in [-0.39, 0.29) is 11.2 Å². The van der Waals surface area contributed by atoms with Crippen molar-refractivity contribution in [3.8, 4) is 5.69 Å². The second kappa shape index (κ2) is 5.32. The van der Waals surface area contributed by atoms with Crippen molar-refractivity contribution in [1.82, 2.24) is 9.55 Å². The van der Waals surface area contributed by atoms with Crippen LogP contribution in [0.3, 0.4) is 0 Å². The first-order chi connectivity index (χ1) is 9.95. The zero-order chi connectivity index (χ0) is 15.1. The molecule has 5 heteroatoms. The van der Waals surface area contributed by atoms with E-state index in [2.05, 4.69) is 4.98 Å². The van der Waals surface area contributed by atoms with Crippen molar-refractivity contribution in [1.29, 1.82) is 0 Å². The molecule has 108 valence electrons. The SMILES string of the molecule is Cc1cc(F)cc(-n2c(C(C)Cl)nc3cc(Cl)ccc32)c1. The Balaban J connectivity index is 2.36. The molecule has 0 spiro atoms. The summed E-state index contributed by atoms with van der Waals surface area (Å²) in [5.41, 5.74) is 3.15. The zero-order valence-electron chi connectivity index (χ0n) is 11.6. The number of aryl methyl sites for hydroxylation is 1. The largest absolute Gasteiger partial charge is 0.295 e. The topological polar surface area (TPSA) is 17.8 Å². The molecule has 21 heavy (non-hydrogen) atoms. The molecule has 1 unspecified atom stereocenters. The third kappa shape index (κ3) is 2.63. The molecule has 0 saturated heterocycles. The van der Waals surface area contributed by atoms with Crippen molar-refractivity contribution >= 4 is 34.2 Å². The van der Waals surface area contributed by atoms with Gasteiger partial charge in [0.15, 0.2) is 0 Å². The third-order valence-corrected chi connectivity index (χ3v) is 3.71. The van der Waals surface area contributed by atoms with Crippen LogP contribution < -0.4 is 0 Å². The molecule has 0 aliphatic carbocycles. The molecule has 0 saturated carbocycles. The Morgan fingerprint density at radius 3 is 2.62 bits per heavy atom. The lowest BCUT2D eigenvalue weighted by molar-refractivity contribution is 0.625. The van der Waals surface area contributed by atoms with Crippen LogP contribution in [0.4, 0.5) is 4.39 Å². The molecule has 0 aliphatic rings. The number of hydrogen-bond donors (Lipinski definition) is 0. The Hall–Kier alpha value is -1.58. The van der Waals surface area contributed by atoms with Crippen LogP contribution in [0.25, 0.3) is 16.7 Å². The summed E-state index contributed by atoms with van der Waals surface area (Å²) in [6.07, 6.45) is 0. The molecule has 2 nitrogen and oxygen atoms in total. The van der Waals surface area contributed by atoms with E-state index in [0.29, 0.717) is 16.5 Å². The van der Waals surface area contributed by atoms with E-state index < -0.39 is 0 Å². The van der Waals surface area contributed by atoms with Gasteiger partial charge in [-0.1, -0.05) is 11.6 Å². The summed E-state index contributed by atoms with van der Waals surface area (Å²) in [7, 11) is 0. The second-order valence-electron chi connectivity index (χ2n) is 5.04. The van der Waals surface area contributed by atoms with Crippen molar-refractivity contribution in [3.05, 3.63) is 58.6 Å². The van der Waals surface area contributed by atoms with Gasteiger partial charge in [0.2, 0.25) is 0 Å². The van der Waals surface area contributed by atoms with Crippen LogP contribution in [0.2, 0.25) is 5.02 Å². The van der Waals surface area contributed by atoms with Crippen LogP contribution >= 0.6 is 23.2 Å². The highest BCUT2D eigenvalue weighted by Gasteiger charge is 2.17. The molecule has 3 rings (SSSR count). The zero-order valence-corrected chi connectivity index (χ0v) is 13.1. The van der Waals surface area contributed by atoms with Gasteiger partial charge in [-0.15, -0.1) is 11.6 Å². The molecule has 1 atom stereocenters. The lowest BCUT2D eigenvalue weighted by Gasteiger charge is -2.11. The second-order valence-corrected chi connectivity index (χ2v) is 6.13. The van der Waals surface area contributed by atoms with E-state index in [1.165, 1.54) is 12.1 Å². The van der Waals surface area contributed by atoms with E-state index in [9.17, 15) is 4.39 Å². The van der Waals surface area contributed by atoms with Gasteiger partial charge in [-0.2, -0.15) is 0 Å². The third-order valence-electron chi connectivity index (χ3n) is 3.28. The van der Waals surface area contributed by atoms with Gasteiger partial charge in [-0.3, -0.25) is 4.57 Å². The number of benzene rings is 2. The maximum Gasteiger partial charge on any atom is 0.132 e. The predicted molar refractivity (Wildman–Crippen MR) is 85.0 cm³/mol. The fourth-order valence-electron chi connectivity index (χ4n) is 2.46. The summed E-state index contributed by atoms with van der Waals surface area (Å²) in [6.45, 7) is 3.69. The standard InChI is InChI=1S/C16H13Cl2FN2/c1-9-5-12(19)8-13(6-9)21-15-4-3-11(18)7-14(15)20-16(21)10(2)17/h3-8,10H,1-2H3. The highest BCUT2D eigenvalue weighted by molar-refractivity contribution is 6.31. The smallest absolute Gasteiger partial charge is 0.132 e. The highest BCUT2D eigenvalue weighted by atomic mass is 35.5. The summed E-state index contributed by atoms with van der Waals surface area (Å²) in [4.78, 5) is 4.53. The number of alkyl halides is 1. The molecular weight excluding hydrogens is 310 g/mol. The minimum absolute atomic E-state index is 0.283. The summed E-state index contributed by atoms with van der Waals surface area (Å²) in [5.74, 6) is 0.382. The van der Waals surface area contributed by atoms with Crippen LogP contribution in [0.15, 0.2) is 36.4 Å². The summed E-state index contributed by atoms with van der Waals surface area (Å²) >= 11 is 12.3. The normalized spacial score (nSPS) is 12.8. The maximum absolute atomic E-state index is 13.7. The Labute approximate surface area is 132 Å². The number of fused-ring (bicyclic) bond motifs is 1. The van der Waals surface area contributed by atoms with Gasteiger partial charge in [0.25, 0.3) is 0 Å². The van der Waals surface area contributed by atoms with E-state index in [4.69, 9.17) is 23.2 Å². The van der Waals surface area contributed by atoms with Crippen molar-refractivity contribution in [3.63, 3.8) is 0 Å². The molecule has 0 aliphatic heterocycles. The maximum atomic E-state index is 13.7. The molecule has 1 heterocycles. The van der Waals surface area contributed by atoms with Gasteiger partial charge in [0.1, 0.15) is 11.6 Å². The number of rotatable bonds is 2. The molecule has 0 N–H and O–H groups in total. The first kappa shape index (κ1) is 14.4. The molecular formula is C16H13Cl2FN2. The van der Waals surface area contributed by atoms with Crippen LogP contribution in [-0.2, 0) is 0 Å². The molecule has 3 aromatic rings. The number of imidazole rings is 1. The average Bonchev–Trinajstić information content (AvgIpc) is 2.76. The van der Waals surface area contributed by atoms with Crippen LogP contribution in [-0.4, -0.2) is 9.55 Å². The summed E-state index contributed by atoms with van der Waals surface area (Å²) in [6, 6.07) is 10.3. The number of hydrogen-bond acceptors (Lipinski definition) is 1. The molecule has 0 amide bonds. The summed E-state index contributed by atoms with van der Waals surface area (Å²) in [5, 5.41) is 0.302. The summed E-state index contributed by atoms with van der Waals surface area (Å²) < 4.78 is 15.6. The van der Waals surface area contributed by atoms with Crippen molar-refractivity contribution < 1.29 is 4.39 Å². The van der Waals surface area contributed by atoms with Gasteiger partial charge < -0.3 is 0 Å². The van der Waals surface area contributed by atoms with Gasteiger partial charge in [-0.05, 0) is 55.8 Å². The Morgan fingerprint density at radius 1 is 1.19 bits per heavy atom. The predicted octanol–water partition coefficient (Wildman–Crippen LogP) is 5.43. The minimum Gasteiger partial charge on any atom is -0.295 e. The van der Waals surface area contributed by atoms with Gasteiger partial charge in [-0.25, -0.2) is 9.37 Å². The van der Waals surface area contributed by atoms with Gasteiger partial charge >= 0.3 is 0 Å². The minimum atomic E-state index is -0.306. The van der Waals surface area contributed by atoms with Crippen molar-refractivity contribution in [2.45, 2.75) is 19.2 Å². The Bertz CT molecular complexity index is 804. The fourth-order valence-corrected chi connectivity index (χ4v) is 2.77. The van der Waals surface area contributed by atoms with Gasteiger partial charge in [0, 0.05) is 5.02 Å². The number of halogens is 3. The highest BCUT2D eigenvalue weighted by Crippen LogP contribution is 2.30. The van der Waals surface area contributed by atoms with E-state index in [0.717, 1.165) is 16.6 Å². The fraction of sp³-hybridized carbons (Fsp3) is 0.188. The number of nitrogens with zero attached hydrogens (tertiary/aromatic N) is 2. The quantitative estimate of drug-likeness (QED) is 0.575. The molecule has 0 fully saturated rings. The monoisotopic (exact) mass is 322 g/mol. The van der Waals surface area contributed by atoms with E-state index in [1.807, 2.05) is 30.5 Å². The Kier molecular flexibility index (Phi) is 3.64. The van der Waals surface area contributed by atoms with Crippen LogP contribution in [0.1, 0.15) is 23.7 Å². The van der Waals surface area contributed by atoms with Gasteiger partial charge in [0.05, 0.1) is 22.1 Å². The molecule has 2 aromatic carbocycles. The van der Waals surface area contributed by atoms with Crippen LogP contribution in [0, 0.1) is 12.7 Å². The first-order valence-electron chi connectivity index (χ1n) is 6.55.